The quantitative estimate of drug-likeness (QED) is 0.403. The first-order valence-corrected chi connectivity index (χ1v) is 6.82. The molecule has 0 spiro atoms. The van der Waals surface area contributed by atoms with Gasteiger partial charge in [-0.25, -0.2) is 8.78 Å². The van der Waals surface area contributed by atoms with Crippen LogP contribution >= 0.6 is 0 Å². The van der Waals surface area contributed by atoms with Crippen LogP contribution < -0.4 is 0 Å². The number of esters is 1. The predicted octanol–water partition coefficient (Wildman–Crippen LogP) is 3.12. The molecule has 1 N–H and O–H groups in total. The van der Waals surface area contributed by atoms with E-state index in [-0.39, 0.29) is 29.1 Å². The largest absolute Gasteiger partial charge is 0.469 e. The number of benzene rings is 1. The molecule has 0 atom stereocenters. The van der Waals surface area contributed by atoms with Crippen LogP contribution in [-0.4, -0.2) is 24.0 Å². The maximum absolute atomic E-state index is 13.8. The zero-order chi connectivity index (χ0) is 15.4. The van der Waals surface area contributed by atoms with Crippen molar-refractivity contribution in [2.45, 2.75) is 25.7 Å². The second-order valence-corrected chi connectivity index (χ2v) is 5.18. The minimum absolute atomic E-state index is 0.0976. The Balaban J connectivity index is 2.12. The highest BCUT2D eigenvalue weighted by Crippen LogP contribution is 2.32. The molecule has 21 heavy (non-hydrogen) atoms. The lowest BCUT2D eigenvalue weighted by Crippen LogP contribution is -2.27. The minimum Gasteiger partial charge on any atom is -0.469 e. The normalized spacial score (nSPS) is 22.9. The average molecular weight is 297 g/mol. The van der Waals surface area contributed by atoms with Gasteiger partial charge >= 0.3 is 5.97 Å². The van der Waals surface area contributed by atoms with Crippen molar-refractivity contribution in [3.8, 4) is 0 Å². The van der Waals surface area contributed by atoms with Gasteiger partial charge in [0.15, 0.2) is 0 Å². The van der Waals surface area contributed by atoms with Crippen molar-refractivity contribution in [3.63, 3.8) is 0 Å². The van der Waals surface area contributed by atoms with E-state index >= 15 is 0 Å². The number of ether oxygens (including phenoxy) is 1. The molecule has 1 aromatic rings. The molecule has 6 heteroatoms. The van der Waals surface area contributed by atoms with Gasteiger partial charge in [0.1, 0.15) is 11.6 Å². The molecular weight excluding hydrogens is 280 g/mol. The number of hydrogen-bond acceptors (Lipinski definition) is 4. The maximum Gasteiger partial charge on any atom is 0.308 e. The molecular formula is C15H17F2NO3. The Morgan fingerprint density at radius 2 is 1.86 bits per heavy atom. The highest BCUT2D eigenvalue weighted by molar-refractivity contribution is 6.02. The van der Waals surface area contributed by atoms with Crippen molar-refractivity contribution < 1.29 is 23.5 Å². The summed E-state index contributed by atoms with van der Waals surface area (Å²) in [5.41, 5.74) is 0.302. The van der Waals surface area contributed by atoms with Crippen LogP contribution in [0.5, 0.6) is 0 Å². The summed E-state index contributed by atoms with van der Waals surface area (Å²) in [5, 5.41) is 12.4. The van der Waals surface area contributed by atoms with E-state index in [9.17, 15) is 18.8 Å². The van der Waals surface area contributed by atoms with E-state index in [1.165, 1.54) is 13.2 Å². The second-order valence-electron chi connectivity index (χ2n) is 5.18. The summed E-state index contributed by atoms with van der Waals surface area (Å²) in [7, 11) is 1.35. The van der Waals surface area contributed by atoms with Crippen LogP contribution in [0.4, 0.5) is 8.78 Å². The topological polar surface area (TPSA) is 58.9 Å². The van der Waals surface area contributed by atoms with Gasteiger partial charge in [0, 0.05) is 17.5 Å². The minimum atomic E-state index is -0.752. The van der Waals surface area contributed by atoms with Gasteiger partial charge in [0.25, 0.3) is 0 Å². The Morgan fingerprint density at radius 3 is 2.38 bits per heavy atom. The highest BCUT2D eigenvalue weighted by atomic mass is 19.1. The lowest BCUT2D eigenvalue weighted by molar-refractivity contribution is -0.146. The smallest absolute Gasteiger partial charge is 0.308 e. The fraction of sp³-hybridized carbons (Fsp3) is 0.467. The first-order valence-electron chi connectivity index (χ1n) is 6.82. The molecule has 4 nitrogen and oxygen atoms in total. The molecule has 0 unspecified atom stereocenters. The summed E-state index contributed by atoms with van der Waals surface area (Å²) in [4.78, 5) is 11.5. The fourth-order valence-corrected chi connectivity index (χ4v) is 2.82. The fourth-order valence-electron chi connectivity index (χ4n) is 2.82. The first kappa shape index (κ1) is 15.4. The molecule has 0 heterocycles. The number of nitrogens with zero attached hydrogens (tertiary/aromatic N) is 1. The summed E-state index contributed by atoms with van der Waals surface area (Å²) >= 11 is 0. The van der Waals surface area contributed by atoms with Crippen molar-refractivity contribution in [1.29, 1.82) is 0 Å². The summed E-state index contributed by atoms with van der Waals surface area (Å²) in [6.07, 6.45) is 2.38. The van der Waals surface area contributed by atoms with Crippen molar-refractivity contribution in [1.82, 2.24) is 0 Å². The maximum atomic E-state index is 13.8. The number of carbonyl (C=O) groups is 1. The third-order valence-corrected chi connectivity index (χ3v) is 3.96. The number of halogens is 2. The third-order valence-electron chi connectivity index (χ3n) is 3.96. The average Bonchev–Trinajstić information content (AvgIpc) is 2.50. The Hall–Kier alpha value is -1.98. The molecule has 114 valence electrons. The third kappa shape index (κ3) is 3.37. The highest BCUT2D eigenvalue weighted by Gasteiger charge is 2.31. The summed E-state index contributed by atoms with van der Waals surface area (Å²) in [5.74, 6) is -2.00. The molecule has 1 aliphatic carbocycles. The number of rotatable bonds is 3. The summed E-state index contributed by atoms with van der Waals surface area (Å²) in [6.45, 7) is 0. The Kier molecular flexibility index (Phi) is 4.88. The molecule has 0 bridgehead atoms. The molecule has 0 aromatic heterocycles. The van der Waals surface area contributed by atoms with Gasteiger partial charge in [0.05, 0.1) is 18.7 Å². The van der Waals surface area contributed by atoms with Gasteiger partial charge < -0.3 is 9.94 Å². The van der Waals surface area contributed by atoms with E-state index in [1.54, 1.807) is 0 Å². The molecule has 0 amide bonds. The molecule has 1 aliphatic rings. The number of oxime groups is 1. The van der Waals surface area contributed by atoms with E-state index in [0.29, 0.717) is 25.7 Å². The molecule has 2 rings (SSSR count). The van der Waals surface area contributed by atoms with Gasteiger partial charge in [-0.3, -0.25) is 4.79 Å². The number of methoxy groups -OCH3 is 1. The Morgan fingerprint density at radius 1 is 1.24 bits per heavy atom. The second kappa shape index (κ2) is 6.65. The van der Waals surface area contributed by atoms with Crippen LogP contribution in [0.3, 0.4) is 0 Å². The molecule has 1 fully saturated rings. The van der Waals surface area contributed by atoms with Gasteiger partial charge in [0.2, 0.25) is 0 Å². The molecule has 0 aliphatic heterocycles. The van der Waals surface area contributed by atoms with Gasteiger partial charge in [-0.1, -0.05) is 5.16 Å². The monoisotopic (exact) mass is 297 g/mol. The number of carbonyl (C=O) groups excluding carboxylic acids is 1. The van der Waals surface area contributed by atoms with E-state index in [4.69, 9.17) is 4.74 Å². The van der Waals surface area contributed by atoms with Crippen molar-refractivity contribution in [3.05, 3.63) is 35.4 Å². The molecule has 0 radical (unpaired) electrons. The van der Waals surface area contributed by atoms with E-state index < -0.39 is 11.6 Å². The van der Waals surface area contributed by atoms with Crippen LogP contribution in [0.15, 0.2) is 23.4 Å². The lowest BCUT2D eigenvalue weighted by Gasteiger charge is -2.27. The number of hydrogen-bond donors (Lipinski definition) is 1. The van der Waals surface area contributed by atoms with Crippen LogP contribution in [0, 0.1) is 23.5 Å². The SMILES string of the molecule is COC(=O)[C@H]1CC[C@H](/C(=N\O)c2ccc(F)cc2F)CC1. The van der Waals surface area contributed by atoms with Gasteiger partial charge in [-0.05, 0) is 37.8 Å². The first-order chi connectivity index (χ1) is 10.1. The van der Waals surface area contributed by atoms with E-state index in [1.807, 2.05) is 0 Å². The van der Waals surface area contributed by atoms with Crippen molar-refractivity contribution in [2.75, 3.05) is 7.11 Å². The van der Waals surface area contributed by atoms with Crippen molar-refractivity contribution in [2.24, 2.45) is 17.0 Å². The molecule has 1 aromatic carbocycles. The summed E-state index contributed by atoms with van der Waals surface area (Å²) < 4.78 is 31.4. The van der Waals surface area contributed by atoms with Crippen molar-refractivity contribution >= 4 is 11.7 Å². The standard InChI is InChI=1S/C15H17F2NO3/c1-21-15(19)10-4-2-9(3-5-10)14(18-20)12-7-6-11(16)8-13(12)17/h6-10,20H,2-5H2,1H3/b18-14+/t9-,10-. The Bertz CT molecular complexity index is 552. The predicted molar refractivity (Wildman–Crippen MR) is 72.1 cm³/mol. The Labute approximate surface area is 121 Å². The van der Waals surface area contributed by atoms with Crippen LogP contribution in [0.1, 0.15) is 31.2 Å². The zero-order valence-corrected chi connectivity index (χ0v) is 11.7. The van der Waals surface area contributed by atoms with Crippen LogP contribution in [-0.2, 0) is 9.53 Å². The van der Waals surface area contributed by atoms with Gasteiger partial charge in [-0.2, -0.15) is 0 Å². The van der Waals surface area contributed by atoms with E-state index in [2.05, 4.69) is 5.16 Å². The molecule has 1 saturated carbocycles. The van der Waals surface area contributed by atoms with Crippen LogP contribution in [0.25, 0.3) is 0 Å². The van der Waals surface area contributed by atoms with Crippen LogP contribution in [0.2, 0.25) is 0 Å². The summed E-state index contributed by atoms with van der Waals surface area (Å²) in [6, 6.07) is 3.16. The van der Waals surface area contributed by atoms with E-state index in [0.717, 1.165) is 12.1 Å². The molecule has 0 saturated heterocycles. The zero-order valence-electron chi connectivity index (χ0n) is 11.7. The lowest BCUT2D eigenvalue weighted by atomic mass is 9.78. The van der Waals surface area contributed by atoms with Gasteiger partial charge in [-0.15, -0.1) is 0 Å².